The minimum atomic E-state index is -0.232. The number of hydrogen-bond acceptors (Lipinski definition) is 3. The van der Waals surface area contributed by atoms with Crippen molar-refractivity contribution in [2.75, 3.05) is 14.2 Å². The van der Waals surface area contributed by atoms with E-state index in [0.29, 0.717) is 0 Å². The van der Waals surface area contributed by atoms with Crippen LogP contribution >= 0.6 is 0 Å². The van der Waals surface area contributed by atoms with E-state index >= 15 is 0 Å². The first kappa shape index (κ1) is 8.30. The second-order valence-corrected chi connectivity index (χ2v) is 2.20. The van der Waals surface area contributed by atoms with Crippen molar-refractivity contribution in [1.82, 2.24) is 5.32 Å². The summed E-state index contributed by atoms with van der Waals surface area (Å²) in [7, 11) is 3.23. The molecule has 0 aliphatic carbocycles. The lowest BCUT2D eigenvalue weighted by atomic mass is 10.2. The van der Waals surface area contributed by atoms with Crippen LogP contribution in [0.15, 0.2) is 18.4 Å². The van der Waals surface area contributed by atoms with Crippen molar-refractivity contribution < 1.29 is 9.47 Å². The molecule has 1 unspecified atom stereocenters. The number of ether oxygens (including phenoxy) is 2. The summed E-state index contributed by atoms with van der Waals surface area (Å²) in [4.78, 5) is 0. The van der Waals surface area contributed by atoms with Crippen LogP contribution in [0.3, 0.4) is 0 Å². The molecule has 3 heteroatoms. The molecule has 1 atom stereocenters. The average Bonchev–Trinajstić information content (AvgIpc) is 2.09. The Bertz CT molecular complexity index is 161. The van der Waals surface area contributed by atoms with Gasteiger partial charge in [0.15, 0.2) is 6.29 Å². The molecule has 3 nitrogen and oxygen atoms in total. The van der Waals surface area contributed by atoms with Crippen molar-refractivity contribution in [3.05, 3.63) is 24.4 Å². The summed E-state index contributed by atoms with van der Waals surface area (Å²) in [6, 6.07) is 0.0891. The Morgan fingerprint density at radius 1 is 1.45 bits per heavy atom. The lowest BCUT2D eigenvalue weighted by Gasteiger charge is -2.23. The first-order valence-electron chi connectivity index (χ1n) is 3.44. The molecule has 1 heterocycles. The van der Waals surface area contributed by atoms with Gasteiger partial charge in [-0.1, -0.05) is 12.2 Å². The maximum atomic E-state index is 5.06. The average molecular weight is 154 g/mol. The van der Waals surface area contributed by atoms with Gasteiger partial charge in [-0.25, -0.2) is 0 Å². The van der Waals surface area contributed by atoms with Crippen LogP contribution in [0.4, 0.5) is 0 Å². The van der Waals surface area contributed by atoms with E-state index < -0.39 is 0 Å². The molecule has 1 rings (SSSR count). The van der Waals surface area contributed by atoms with Crippen LogP contribution in [-0.2, 0) is 9.47 Å². The van der Waals surface area contributed by atoms with Gasteiger partial charge in [-0.2, -0.15) is 0 Å². The predicted octanol–water partition coefficient (Wildman–Crippen LogP) is 0.450. The molecule has 0 saturated carbocycles. The zero-order valence-corrected chi connectivity index (χ0v) is 6.70. The van der Waals surface area contributed by atoms with Crippen molar-refractivity contribution in [2.24, 2.45) is 0 Å². The van der Waals surface area contributed by atoms with Crippen molar-refractivity contribution in [1.29, 1.82) is 0 Å². The molecule has 1 aliphatic rings. The van der Waals surface area contributed by atoms with Crippen molar-refractivity contribution in [3.8, 4) is 0 Å². The Balaban J connectivity index is 2.45. The third kappa shape index (κ3) is 2.06. The highest BCUT2D eigenvalue weighted by Gasteiger charge is 2.16. The van der Waals surface area contributed by atoms with Crippen LogP contribution in [0.5, 0.6) is 0 Å². The van der Waals surface area contributed by atoms with Gasteiger partial charge in [-0.3, -0.25) is 0 Å². The monoisotopic (exact) mass is 154 g/mol. The van der Waals surface area contributed by atoms with E-state index in [9.17, 15) is 0 Å². The Morgan fingerprint density at radius 3 is 2.64 bits per heavy atom. The van der Waals surface area contributed by atoms with E-state index in [-0.39, 0.29) is 12.3 Å². The Morgan fingerprint density at radius 2 is 2.18 bits per heavy atom. The van der Waals surface area contributed by atoms with Gasteiger partial charge >= 0.3 is 0 Å². The molecule has 0 amide bonds. The number of allylic oxidation sites excluding steroid dienone is 2. The molecule has 0 aromatic rings. The standard InChI is InChI=1S/C8H12NO2/c1-10-8(11-2)7-5-3-4-6-9-7/h3,5-9H,1-2H3. The quantitative estimate of drug-likeness (QED) is 0.599. The lowest BCUT2D eigenvalue weighted by molar-refractivity contribution is -0.112. The second-order valence-electron chi connectivity index (χ2n) is 2.20. The summed E-state index contributed by atoms with van der Waals surface area (Å²) in [6.07, 6.45) is 8.19. The van der Waals surface area contributed by atoms with Gasteiger partial charge < -0.3 is 14.8 Å². The van der Waals surface area contributed by atoms with Crippen LogP contribution in [0.1, 0.15) is 0 Å². The van der Waals surface area contributed by atoms with Gasteiger partial charge in [-0.15, -0.1) is 0 Å². The number of rotatable bonds is 3. The summed E-state index contributed by atoms with van der Waals surface area (Å²) >= 11 is 0. The smallest absolute Gasteiger partial charge is 0.180 e. The van der Waals surface area contributed by atoms with Gasteiger partial charge in [0.1, 0.15) is 0 Å². The fourth-order valence-electron chi connectivity index (χ4n) is 0.966. The molecule has 0 fully saturated rings. The highest BCUT2D eigenvalue weighted by Crippen LogP contribution is 2.03. The molecular weight excluding hydrogens is 142 g/mol. The van der Waals surface area contributed by atoms with Crippen LogP contribution in [0, 0.1) is 6.08 Å². The molecule has 0 saturated heterocycles. The van der Waals surface area contributed by atoms with Crippen molar-refractivity contribution >= 4 is 0 Å². The third-order valence-electron chi connectivity index (χ3n) is 1.52. The van der Waals surface area contributed by atoms with Crippen molar-refractivity contribution in [2.45, 2.75) is 12.3 Å². The van der Waals surface area contributed by atoms with Gasteiger partial charge in [0, 0.05) is 20.4 Å². The van der Waals surface area contributed by atoms with E-state index in [1.807, 2.05) is 12.2 Å². The topological polar surface area (TPSA) is 30.5 Å². The highest BCUT2D eigenvalue weighted by molar-refractivity contribution is 5.08. The van der Waals surface area contributed by atoms with Gasteiger partial charge in [0.25, 0.3) is 0 Å². The number of methoxy groups -OCH3 is 2. The molecule has 61 valence electrons. The third-order valence-corrected chi connectivity index (χ3v) is 1.52. The zero-order chi connectivity index (χ0) is 8.10. The molecule has 1 radical (unpaired) electrons. The Labute approximate surface area is 66.7 Å². The maximum Gasteiger partial charge on any atom is 0.180 e. The summed E-state index contributed by atoms with van der Waals surface area (Å²) in [5, 5.41) is 3.05. The minimum absolute atomic E-state index is 0.0891. The molecule has 0 bridgehead atoms. The van der Waals surface area contributed by atoms with Crippen LogP contribution in [0.2, 0.25) is 0 Å². The summed E-state index contributed by atoms with van der Waals surface area (Å²) < 4.78 is 10.1. The largest absolute Gasteiger partial charge is 0.379 e. The minimum Gasteiger partial charge on any atom is -0.379 e. The molecule has 1 N–H and O–H groups in total. The van der Waals surface area contributed by atoms with Crippen molar-refractivity contribution in [3.63, 3.8) is 0 Å². The second kappa shape index (κ2) is 4.16. The Kier molecular flexibility index (Phi) is 3.14. The molecule has 0 spiro atoms. The van der Waals surface area contributed by atoms with E-state index in [2.05, 4.69) is 11.4 Å². The SMILES string of the molecule is COC(OC)C1C=C[C]=CN1. The molecule has 11 heavy (non-hydrogen) atoms. The fraction of sp³-hybridized carbons (Fsp3) is 0.500. The van der Waals surface area contributed by atoms with E-state index in [4.69, 9.17) is 9.47 Å². The molecular formula is C8H12NO2. The molecule has 1 aliphatic heterocycles. The van der Waals surface area contributed by atoms with Crippen LogP contribution in [-0.4, -0.2) is 26.6 Å². The summed E-state index contributed by atoms with van der Waals surface area (Å²) in [5.74, 6) is 0. The molecule has 0 aromatic heterocycles. The number of hydrogen-bond donors (Lipinski definition) is 1. The fourth-order valence-corrected chi connectivity index (χ4v) is 0.966. The molecule has 0 aromatic carbocycles. The van der Waals surface area contributed by atoms with Gasteiger partial charge in [0.2, 0.25) is 0 Å². The first-order valence-corrected chi connectivity index (χ1v) is 3.44. The summed E-state index contributed by atoms with van der Waals surface area (Å²) in [6.45, 7) is 0. The summed E-state index contributed by atoms with van der Waals surface area (Å²) in [5.41, 5.74) is 0. The van der Waals surface area contributed by atoms with E-state index in [1.54, 1.807) is 20.4 Å². The number of dihydropyridines is 1. The van der Waals surface area contributed by atoms with E-state index in [1.165, 1.54) is 0 Å². The Hall–Kier alpha value is -0.800. The van der Waals surface area contributed by atoms with Crippen LogP contribution in [0.25, 0.3) is 0 Å². The van der Waals surface area contributed by atoms with Gasteiger partial charge in [0.05, 0.1) is 6.04 Å². The maximum absolute atomic E-state index is 5.06. The predicted molar refractivity (Wildman–Crippen MR) is 41.7 cm³/mol. The lowest BCUT2D eigenvalue weighted by Crippen LogP contribution is -2.38. The van der Waals surface area contributed by atoms with E-state index in [0.717, 1.165) is 0 Å². The highest BCUT2D eigenvalue weighted by atomic mass is 16.7. The number of nitrogens with one attached hydrogen (secondary N) is 1. The normalized spacial score (nSPS) is 22.3. The first-order chi connectivity index (χ1) is 5.38. The van der Waals surface area contributed by atoms with Crippen LogP contribution < -0.4 is 5.32 Å². The van der Waals surface area contributed by atoms with Gasteiger partial charge in [-0.05, 0) is 6.08 Å². The zero-order valence-electron chi connectivity index (χ0n) is 6.70.